The average molecular weight is 344 g/mol. The Morgan fingerprint density at radius 3 is 2.42 bits per heavy atom. The zero-order valence-corrected chi connectivity index (χ0v) is 15.5. The number of nitrogens with zero attached hydrogens (tertiary/aromatic N) is 3. The molecular weight excluding hydrogens is 316 g/mol. The Morgan fingerprint density at radius 2 is 1.79 bits per heavy atom. The molecule has 0 unspecified atom stereocenters. The normalized spacial score (nSPS) is 19.8. The van der Waals surface area contributed by atoms with Gasteiger partial charge in [-0.15, -0.1) is 0 Å². The molecule has 24 heavy (non-hydrogen) atoms. The number of benzene rings is 1. The van der Waals surface area contributed by atoms with Crippen molar-refractivity contribution in [3.05, 3.63) is 34.7 Å². The van der Waals surface area contributed by atoms with Crippen LogP contribution in [0.5, 0.6) is 0 Å². The van der Waals surface area contributed by atoms with Gasteiger partial charge in [0, 0.05) is 30.5 Å². The summed E-state index contributed by atoms with van der Waals surface area (Å²) in [5.41, 5.74) is 8.59. The Hall–Kier alpha value is -1.75. The van der Waals surface area contributed by atoms with E-state index >= 15 is 0 Å². The molecule has 3 rings (SSSR count). The van der Waals surface area contributed by atoms with Crippen molar-refractivity contribution in [1.82, 2.24) is 0 Å². The summed E-state index contributed by atoms with van der Waals surface area (Å²) in [4.78, 5) is 7.99. The molecule has 0 aromatic heterocycles. The first-order valence-corrected chi connectivity index (χ1v) is 9.74. The third kappa shape index (κ3) is 3.83. The molecule has 4 nitrogen and oxygen atoms in total. The van der Waals surface area contributed by atoms with E-state index in [-0.39, 0.29) is 0 Å². The molecule has 1 aromatic rings. The van der Waals surface area contributed by atoms with Crippen molar-refractivity contribution >= 4 is 34.5 Å². The standard InChI is InChI=1S/C19H26N4S/c1-3-22(4-2)16-10-8-15(9-11-16)14-17-18(20)21-19(24-17)23-12-6-5-7-13-23/h8-11,14,20H,3-7,12-13H2,1-2H3/p+1/b17-14-. The molecule has 0 atom stereocenters. The number of aliphatic imine (C=N–C) groups is 1. The number of hydrogen-bond acceptors (Lipinski definition) is 3. The highest BCUT2D eigenvalue weighted by Gasteiger charge is 2.29. The van der Waals surface area contributed by atoms with Crippen molar-refractivity contribution < 1.29 is 4.58 Å². The summed E-state index contributed by atoms with van der Waals surface area (Å²) in [6, 6.07) is 8.68. The highest BCUT2D eigenvalue weighted by atomic mass is 32.2. The monoisotopic (exact) mass is 343 g/mol. The van der Waals surface area contributed by atoms with E-state index in [0.717, 1.165) is 36.3 Å². The van der Waals surface area contributed by atoms with Crippen molar-refractivity contribution in [3.8, 4) is 0 Å². The first-order valence-electron chi connectivity index (χ1n) is 8.92. The number of anilines is 1. The van der Waals surface area contributed by atoms with Crippen LogP contribution in [0.1, 0.15) is 38.7 Å². The number of thioether (sulfide) groups is 1. The molecule has 0 aliphatic carbocycles. The van der Waals surface area contributed by atoms with E-state index in [1.165, 1.54) is 30.5 Å². The van der Waals surface area contributed by atoms with Crippen LogP contribution in [0, 0.1) is 0 Å². The number of piperidine rings is 1. The van der Waals surface area contributed by atoms with E-state index in [1.54, 1.807) is 11.8 Å². The topological polar surface area (TPSA) is 44.6 Å². The number of nitrogens with two attached hydrogens (primary N) is 1. The Balaban J connectivity index is 1.76. The molecule has 5 heteroatoms. The Morgan fingerprint density at radius 1 is 1.12 bits per heavy atom. The summed E-state index contributed by atoms with van der Waals surface area (Å²) in [5.74, 6) is 0.647. The molecule has 1 aromatic carbocycles. The van der Waals surface area contributed by atoms with Gasteiger partial charge in [0.2, 0.25) is 0 Å². The Kier molecular flexibility index (Phi) is 5.61. The molecule has 1 saturated heterocycles. The van der Waals surface area contributed by atoms with E-state index in [0.29, 0.717) is 5.84 Å². The molecule has 0 spiro atoms. The van der Waals surface area contributed by atoms with Gasteiger partial charge in [-0.25, -0.2) is 0 Å². The minimum atomic E-state index is 0.647. The molecule has 128 valence electrons. The van der Waals surface area contributed by atoms with Gasteiger partial charge in [0.15, 0.2) is 0 Å². The Labute approximate surface area is 149 Å². The third-order valence-electron chi connectivity index (χ3n) is 4.62. The number of amidine groups is 2. The first-order chi connectivity index (χ1) is 11.7. The van der Waals surface area contributed by atoms with Crippen molar-refractivity contribution in [2.75, 3.05) is 31.1 Å². The fourth-order valence-corrected chi connectivity index (χ4v) is 4.17. The average Bonchev–Trinajstić information content (AvgIpc) is 2.99. The van der Waals surface area contributed by atoms with Gasteiger partial charge in [0.05, 0.1) is 18.0 Å². The SMILES string of the molecule is CCN(CC)c1ccc(/C=C2\SC(=[N+]3CCCCC3)N=C2N)cc1. The minimum Gasteiger partial charge on any atom is -0.372 e. The van der Waals surface area contributed by atoms with Crippen molar-refractivity contribution in [1.29, 1.82) is 0 Å². The van der Waals surface area contributed by atoms with Crippen LogP contribution >= 0.6 is 11.8 Å². The molecule has 0 bridgehead atoms. The van der Waals surface area contributed by atoms with Crippen LogP contribution in [-0.4, -0.2) is 41.8 Å². The maximum atomic E-state index is 6.15. The maximum Gasteiger partial charge on any atom is 0.362 e. The second-order valence-electron chi connectivity index (χ2n) is 6.20. The number of hydrogen-bond donors (Lipinski definition) is 1. The van der Waals surface area contributed by atoms with Gasteiger partial charge < -0.3 is 10.6 Å². The fraction of sp³-hybridized carbons (Fsp3) is 0.474. The van der Waals surface area contributed by atoms with E-state index in [2.05, 4.69) is 58.7 Å². The van der Waals surface area contributed by atoms with E-state index < -0.39 is 0 Å². The van der Waals surface area contributed by atoms with Crippen molar-refractivity contribution in [3.63, 3.8) is 0 Å². The van der Waals surface area contributed by atoms with Gasteiger partial charge in [0.25, 0.3) is 5.84 Å². The van der Waals surface area contributed by atoms with Gasteiger partial charge in [0.1, 0.15) is 0 Å². The second-order valence-corrected chi connectivity index (χ2v) is 7.21. The lowest BCUT2D eigenvalue weighted by molar-refractivity contribution is -0.535. The summed E-state index contributed by atoms with van der Waals surface area (Å²) < 4.78 is 2.37. The van der Waals surface area contributed by atoms with Crippen molar-refractivity contribution in [2.45, 2.75) is 33.1 Å². The third-order valence-corrected chi connectivity index (χ3v) is 5.69. The smallest absolute Gasteiger partial charge is 0.362 e. The molecule has 0 saturated carbocycles. The van der Waals surface area contributed by atoms with Crippen LogP contribution in [0.3, 0.4) is 0 Å². The van der Waals surface area contributed by atoms with Gasteiger partial charge in [-0.1, -0.05) is 12.1 Å². The van der Waals surface area contributed by atoms with E-state index in [4.69, 9.17) is 5.73 Å². The van der Waals surface area contributed by atoms with Crippen LogP contribution in [0.25, 0.3) is 6.08 Å². The summed E-state index contributed by atoms with van der Waals surface area (Å²) >= 11 is 1.70. The van der Waals surface area contributed by atoms with Gasteiger partial charge >= 0.3 is 5.17 Å². The molecule has 0 radical (unpaired) electrons. The zero-order valence-electron chi connectivity index (χ0n) is 14.7. The quantitative estimate of drug-likeness (QED) is 0.851. The highest BCUT2D eigenvalue weighted by molar-refractivity contribution is 8.18. The molecule has 1 fully saturated rings. The van der Waals surface area contributed by atoms with Gasteiger partial charge in [-0.05, 0) is 61.9 Å². The van der Waals surface area contributed by atoms with E-state index in [1.807, 2.05) is 0 Å². The van der Waals surface area contributed by atoms with Crippen LogP contribution in [0.15, 0.2) is 34.2 Å². The zero-order chi connectivity index (χ0) is 16.9. The predicted octanol–water partition coefficient (Wildman–Crippen LogP) is 3.53. The maximum absolute atomic E-state index is 6.15. The molecule has 2 heterocycles. The van der Waals surface area contributed by atoms with Crippen LogP contribution in [0.4, 0.5) is 5.69 Å². The second kappa shape index (κ2) is 7.88. The summed E-state index contributed by atoms with van der Waals surface area (Å²) in [5, 5.41) is 1.07. The number of rotatable bonds is 4. The molecule has 0 amide bonds. The Bertz CT molecular complexity index is 661. The van der Waals surface area contributed by atoms with Crippen LogP contribution in [0.2, 0.25) is 0 Å². The fourth-order valence-electron chi connectivity index (χ4n) is 3.18. The van der Waals surface area contributed by atoms with Crippen molar-refractivity contribution in [2.24, 2.45) is 10.7 Å². The summed E-state index contributed by atoms with van der Waals surface area (Å²) in [6.45, 7) is 8.63. The highest BCUT2D eigenvalue weighted by Crippen LogP contribution is 2.29. The lowest BCUT2D eigenvalue weighted by Gasteiger charge is -2.20. The van der Waals surface area contributed by atoms with Gasteiger partial charge in [-0.3, -0.25) is 4.58 Å². The largest absolute Gasteiger partial charge is 0.372 e. The van der Waals surface area contributed by atoms with Gasteiger partial charge in [-0.2, -0.15) is 0 Å². The lowest BCUT2D eigenvalue weighted by Crippen LogP contribution is -2.24. The predicted molar refractivity (Wildman–Crippen MR) is 106 cm³/mol. The van der Waals surface area contributed by atoms with E-state index in [9.17, 15) is 0 Å². The summed E-state index contributed by atoms with van der Waals surface area (Å²) in [6.07, 6.45) is 5.98. The lowest BCUT2D eigenvalue weighted by atomic mass is 10.1. The molecule has 2 N–H and O–H groups in total. The summed E-state index contributed by atoms with van der Waals surface area (Å²) in [7, 11) is 0. The van der Waals surface area contributed by atoms with Crippen LogP contribution in [-0.2, 0) is 0 Å². The van der Waals surface area contributed by atoms with Crippen LogP contribution < -0.4 is 10.6 Å². The molecule has 2 aliphatic rings. The minimum absolute atomic E-state index is 0.647. The molecular formula is C19H27N4S+. The molecule has 2 aliphatic heterocycles. The first kappa shape index (κ1) is 17.1.